The van der Waals surface area contributed by atoms with Gasteiger partial charge in [0.2, 0.25) is 0 Å². The second kappa shape index (κ2) is 2.95. The van der Waals surface area contributed by atoms with Gasteiger partial charge in [-0.05, 0) is 6.07 Å². The van der Waals surface area contributed by atoms with Crippen LogP contribution in [0.15, 0.2) is 12.3 Å². The van der Waals surface area contributed by atoms with Gasteiger partial charge in [0.15, 0.2) is 5.69 Å². The van der Waals surface area contributed by atoms with Gasteiger partial charge in [0.25, 0.3) is 0 Å². The van der Waals surface area contributed by atoms with E-state index in [1.54, 1.807) is 13.1 Å². The van der Waals surface area contributed by atoms with Gasteiger partial charge >= 0.3 is 5.97 Å². The first-order chi connectivity index (χ1) is 6.59. The van der Waals surface area contributed by atoms with E-state index in [2.05, 4.69) is 10.1 Å². The highest BCUT2D eigenvalue weighted by Gasteiger charge is 2.15. The number of carboxylic acids is 1. The summed E-state index contributed by atoms with van der Waals surface area (Å²) in [4.78, 5) is 14.7. The van der Waals surface area contributed by atoms with Crippen LogP contribution in [0.2, 0.25) is 5.02 Å². The molecule has 0 aromatic carbocycles. The third kappa shape index (κ3) is 1.22. The molecule has 6 heteroatoms. The third-order valence-corrected chi connectivity index (χ3v) is 2.07. The molecule has 2 aromatic rings. The molecule has 0 aliphatic rings. The highest BCUT2D eigenvalue weighted by atomic mass is 35.5. The molecule has 0 aliphatic heterocycles. The average molecular weight is 212 g/mol. The zero-order valence-corrected chi connectivity index (χ0v) is 7.99. The van der Waals surface area contributed by atoms with E-state index in [0.29, 0.717) is 16.1 Å². The smallest absolute Gasteiger partial charge is 0.358 e. The zero-order valence-electron chi connectivity index (χ0n) is 7.23. The number of aromatic nitrogens is 3. The Morgan fingerprint density at radius 2 is 2.36 bits per heavy atom. The van der Waals surface area contributed by atoms with Gasteiger partial charge in [0.05, 0.1) is 10.5 Å². The van der Waals surface area contributed by atoms with Crippen molar-refractivity contribution in [2.24, 2.45) is 7.05 Å². The predicted octanol–water partition coefficient (Wildman–Crippen LogP) is 1.32. The standard InChI is InChI=1S/C8H6ClN3O2/c1-12-5-2-4(9)3-10-6(5)7(11-12)8(13)14/h2-3H,1H3,(H,13,14). The zero-order chi connectivity index (χ0) is 10.3. The maximum Gasteiger partial charge on any atom is 0.358 e. The Labute approximate surface area is 83.9 Å². The molecule has 0 amide bonds. The molecular weight excluding hydrogens is 206 g/mol. The number of fused-ring (bicyclic) bond motifs is 1. The number of nitrogens with zero attached hydrogens (tertiary/aromatic N) is 3. The topological polar surface area (TPSA) is 68.0 Å². The lowest BCUT2D eigenvalue weighted by molar-refractivity contribution is 0.0691. The first-order valence-corrected chi connectivity index (χ1v) is 4.19. The molecule has 0 fully saturated rings. The predicted molar refractivity (Wildman–Crippen MR) is 50.5 cm³/mol. The van der Waals surface area contributed by atoms with Gasteiger partial charge in [0, 0.05) is 13.2 Å². The van der Waals surface area contributed by atoms with E-state index >= 15 is 0 Å². The van der Waals surface area contributed by atoms with Crippen molar-refractivity contribution >= 4 is 28.6 Å². The number of halogens is 1. The quantitative estimate of drug-likeness (QED) is 0.773. The summed E-state index contributed by atoms with van der Waals surface area (Å²) in [6, 6.07) is 1.63. The van der Waals surface area contributed by atoms with E-state index in [-0.39, 0.29) is 5.69 Å². The van der Waals surface area contributed by atoms with Crippen LogP contribution in [0.5, 0.6) is 0 Å². The highest BCUT2D eigenvalue weighted by molar-refractivity contribution is 6.31. The molecule has 0 saturated carbocycles. The van der Waals surface area contributed by atoms with Gasteiger partial charge in [0.1, 0.15) is 5.52 Å². The normalized spacial score (nSPS) is 10.7. The Balaban J connectivity index is 2.84. The molecule has 0 radical (unpaired) electrons. The molecule has 72 valence electrons. The number of carbonyl (C=O) groups is 1. The molecule has 0 atom stereocenters. The summed E-state index contributed by atoms with van der Waals surface area (Å²) in [5, 5.41) is 13.1. The Kier molecular flexibility index (Phi) is 1.89. The van der Waals surface area contributed by atoms with Crippen LogP contribution in [0, 0.1) is 0 Å². The van der Waals surface area contributed by atoms with E-state index in [9.17, 15) is 4.79 Å². The van der Waals surface area contributed by atoms with Crippen LogP contribution in [-0.4, -0.2) is 25.8 Å². The highest BCUT2D eigenvalue weighted by Crippen LogP contribution is 2.18. The molecule has 0 saturated heterocycles. The molecular formula is C8H6ClN3O2. The first kappa shape index (κ1) is 8.96. The van der Waals surface area contributed by atoms with Crippen LogP contribution in [0.4, 0.5) is 0 Å². The SMILES string of the molecule is Cn1nc(C(=O)O)c2ncc(Cl)cc21. The fourth-order valence-electron chi connectivity index (χ4n) is 1.25. The molecule has 2 aromatic heterocycles. The molecule has 0 unspecified atom stereocenters. The minimum atomic E-state index is -1.09. The molecule has 0 aliphatic carbocycles. The lowest BCUT2D eigenvalue weighted by Gasteiger charge is -1.92. The summed E-state index contributed by atoms with van der Waals surface area (Å²) < 4.78 is 1.44. The van der Waals surface area contributed by atoms with Gasteiger partial charge in [-0.1, -0.05) is 11.6 Å². The Hall–Kier alpha value is -1.62. The van der Waals surface area contributed by atoms with Crippen molar-refractivity contribution in [3.8, 4) is 0 Å². The summed E-state index contributed by atoms with van der Waals surface area (Å²) in [6.07, 6.45) is 1.40. The van der Waals surface area contributed by atoms with Crippen LogP contribution in [0.3, 0.4) is 0 Å². The van der Waals surface area contributed by atoms with Crippen LogP contribution >= 0.6 is 11.6 Å². The summed E-state index contributed by atoms with van der Waals surface area (Å²) >= 11 is 5.73. The van der Waals surface area contributed by atoms with E-state index in [0.717, 1.165) is 0 Å². The van der Waals surface area contributed by atoms with Gasteiger partial charge in [-0.15, -0.1) is 0 Å². The van der Waals surface area contributed by atoms with Crippen molar-refractivity contribution in [2.75, 3.05) is 0 Å². The minimum Gasteiger partial charge on any atom is -0.476 e. The molecule has 5 nitrogen and oxygen atoms in total. The van der Waals surface area contributed by atoms with Gasteiger partial charge in [-0.25, -0.2) is 4.79 Å². The lowest BCUT2D eigenvalue weighted by Crippen LogP contribution is -1.99. The van der Waals surface area contributed by atoms with E-state index in [1.807, 2.05) is 0 Å². The number of rotatable bonds is 1. The summed E-state index contributed by atoms with van der Waals surface area (Å²) in [6.45, 7) is 0. The number of hydrogen-bond acceptors (Lipinski definition) is 3. The molecule has 14 heavy (non-hydrogen) atoms. The Morgan fingerprint density at radius 1 is 1.64 bits per heavy atom. The fourth-order valence-corrected chi connectivity index (χ4v) is 1.41. The van der Waals surface area contributed by atoms with Crippen molar-refractivity contribution < 1.29 is 9.90 Å². The maximum absolute atomic E-state index is 10.8. The number of hydrogen-bond donors (Lipinski definition) is 1. The molecule has 1 N–H and O–H groups in total. The number of aromatic carboxylic acids is 1. The Morgan fingerprint density at radius 3 is 3.00 bits per heavy atom. The third-order valence-electron chi connectivity index (χ3n) is 1.86. The summed E-state index contributed by atoms with van der Waals surface area (Å²) in [5.41, 5.74) is 0.901. The second-order valence-electron chi connectivity index (χ2n) is 2.80. The molecule has 0 spiro atoms. The lowest BCUT2D eigenvalue weighted by atomic mass is 10.3. The van der Waals surface area contributed by atoms with Crippen molar-refractivity contribution in [3.05, 3.63) is 23.0 Å². The van der Waals surface area contributed by atoms with Crippen molar-refractivity contribution in [2.45, 2.75) is 0 Å². The second-order valence-corrected chi connectivity index (χ2v) is 3.24. The molecule has 2 heterocycles. The average Bonchev–Trinajstić information content (AvgIpc) is 2.44. The monoisotopic (exact) mass is 211 g/mol. The van der Waals surface area contributed by atoms with Crippen LogP contribution in [0.1, 0.15) is 10.5 Å². The first-order valence-electron chi connectivity index (χ1n) is 3.81. The van der Waals surface area contributed by atoms with Crippen LogP contribution in [0.25, 0.3) is 11.0 Å². The van der Waals surface area contributed by atoms with E-state index < -0.39 is 5.97 Å². The largest absolute Gasteiger partial charge is 0.476 e. The number of aryl methyl sites for hydroxylation is 1. The summed E-state index contributed by atoms with van der Waals surface area (Å²) in [5.74, 6) is -1.09. The number of pyridine rings is 1. The van der Waals surface area contributed by atoms with E-state index in [4.69, 9.17) is 16.7 Å². The fraction of sp³-hybridized carbons (Fsp3) is 0.125. The van der Waals surface area contributed by atoms with Crippen molar-refractivity contribution in [3.63, 3.8) is 0 Å². The molecule has 0 bridgehead atoms. The van der Waals surface area contributed by atoms with Gasteiger partial charge in [-0.3, -0.25) is 9.67 Å². The van der Waals surface area contributed by atoms with Crippen LogP contribution in [-0.2, 0) is 7.05 Å². The molecule has 2 rings (SSSR count). The van der Waals surface area contributed by atoms with Gasteiger partial charge in [-0.2, -0.15) is 5.10 Å². The Bertz CT molecular complexity index is 521. The summed E-state index contributed by atoms with van der Waals surface area (Å²) in [7, 11) is 1.65. The van der Waals surface area contributed by atoms with E-state index in [1.165, 1.54) is 10.9 Å². The van der Waals surface area contributed by atoms with Crippen molar-refractivity contribution in [1.82, 2.24) is 14.8 Å². The number of carboxylic acid groups (broad SMARTS) is 1. The van der Waals surface area contributed by atoms with Crippen LogP contribution < -0.4 is 0 Å². The van der Waals surface area contributed by atoms with Gasteiger partial charge < -0.3 is 5.11 Å². The minimum absolute atomic E-state index is 0.0563. The van der Waals surface area contributed by atoms with Crippen molar-refractivity contribution in [1.29, 1.82) is 0 Å². The maximum atomic E-state index is 10.8.